The van der Waals surface area contributed by atoms with Crippen molar-refractivity contribution in [2.24, 2.45) is 22.7 Å². The first-order chi connectivity index (χ1) is 12.4. The summed E-state index contributed by atoms with van der Waals surface area (Å²) < 4.78 is 0. The lowest BCUT2D eigenvalue weighted by Crippen LogP contribution is -2.35. The highest BCUT2D eigenvalue weighted by molar-refractivity contribution is 5.10. The van der Waals surface area contributed by atoms with Gasteiger partial charge in [0, 0.05) is 0 Å². The van der Waals surface area contributed by atoms with Crippen molar-refractivity contribution in [1.82, 2.24) is 0 Å². The predicted molar refractivity (Wildman–Crippen MR) is 116 cm³/mol. The minimum atomic E-state index is -0.497. The van der Waals surface area contributed by atoms with Gasteiger partial charge in [-0.3, -0.25) is 0 Å². The van der Waals surface area contributed by atoms with E-state index in [1.54, 1.807) is 0 Å². The Kier molecular flexibility index (Phi) is 7.07. The van der Waals surface area contributed by atoms with Gasteiger partial charge in [0.25, 0.3) is 0 Å². The van der Waals surface area contributed by atoms with Gasteiger partial charge in [0.1, 0.15) is 0 Å². The Hall–Kier alpha value is -0.600. The topological polar surface area (TPSA) is 40.5 Å². The fourth-order valence-corrected chi connectivity index (χ4v) is 5.55. The van der Waals surface area contributed by atoms with Crippen LogP contribution in [0, 0.1) is 22.7 Å². The minimum Gasteiger partial charge on any atom is -0.393 e. The summed E-state index contributed by atoms with van der Waals surface area (Å²) in [4.78, 5) is 0. The quantitative estimate of drug-likeness (QED) is 0.555. The zero-order chi connectivity index (χ0) is 20.5. The molecule has 2 fully saturated rings. The van der Waals surface area contributed by atoms with Gasteiger partial charge in [-0.15, -0.1) is 0 Å². The summed E-state index contributed by atoms with van der Waals surface area (Å²) in [5.41, 5.74) is 2.93. The van der Waals surface area contributed by atoms with Crippen molar-refractivity contribution in [2.75, 3.05) is 0 Å². The van der Waals surface area contributed by atoms with Crippen LogP contribution in [0.1, 0.15) is 99.8 Å². The molecule has 0 radical (unpaired) electrons. The summed E-state index contributed by atoms with van der Waals surface area (Å²) in [5.74, 6) is 1.23. The average Bonchev–Trinajstić information content (AvgIpc) is 2.88. The molecule has 27 heavy (non-hydrogen) atoms. The smallest absolute Gasteiger partial charge is 0.0653 e. The van der Waals surface area contributed by atoms with Gasteiger partial charge >= 0.3 is 0 Å². The van der Waals surface area contributed by atoms with Crippen molar-refractivity contribution in [1.29, 1.82) is 0 Å². The zero-order valence-electron chi connectivity index (χ0n) is 18.9. The number of rotatable bonds is 4. The lowest BCUT2D eigenvalue weighted by atomic mass is 9.70. The van der Waals surface area contributed by atoms with Crippen molar-refractivity contribution < 1.29 is 10.2 Å². The van der Waals surface area contributed by atoms with Crippen LogP contribution in [0.3, 0.4) is 0 Å². The number of hydrogen-bond donors (Lipinski definition) is 2. The maximum absolute atomic E-state index is 10.5. The van der Waals surface area contributed by atoms with Crippen molar-refractivity contribution in [2.45, 2.75) is 112 Å². The molecule has 0 aliphatic heterocycles. The molecule has 156 valence electrons. The Morgan fingerprint density at radius 1 is 1.26 bits per heavy atom. The second-order valence-electron chi connectivity index (χ2n) is 10.8. The summed E-state index contributed by atoms with van der Waals surface area (Å²) >= 11 is 0. The zero-order valence-corrected chi connectivity index (χ0v) is 18.9. The summed E-state index contributed by atoms with van der Waals surface area (Å²) in [7, 11) is 0. The van der Waals surface area contributed by atoms with Crippen LogP contribution in [0.2, 0.25) is 0 Å². The van der Waals surface area contributed by atoms with Gasteiger partial charge in [0.2, 0.25) is 0 Å². The Morgan fingerprint density at radius 3 is 2.30 bits per heavy atom. The van der Waals surface area contributed by atoms with E-state index in [0.29, 0.717) is 11.3 Å². The van der Waals surface area contributed by atoms with Gasteiger partial charge in [0.15, 0.2) is 0 Å². The van der Waals surface area contributed by atoms with Crippen LogP contribution in [-0.4, -0.2) is 21.9 Å². The Morgan fingerprint density at radius 2 is 1.93 bits per heavy atom. The lowest BCUT2D eigenvalue weighted by molar-refractivity contribution is -0.0122. The van der Waals surface area contributed by atoms with E-state index in [9.17, 15) is 10.2 Å². The monoisotopic (exact) mass is 376 g/mol. The van der Waals surface area contributed by atoms with E-state index in [-0.39, 0.29) is 11.5 Å². The fourth-order valence-electron chi connectivity index (χ4n) is 5.55. The average molecular weight is 377 g/mol. The third kappa shape index (κ3) is 4.88. The molecule has 0 spiro atoms. The van der Waals surface area contributed by atoms with E-state index in [0.717, 1.165) is 44.4 Å². The van der Waals surface area contributed by atoms with Gasteiger partial charge in [-0.1, -0.05) is 44.1 Å². The Balaban J connectivity index is 0.000000206. The Labute approximate surface area is 168 Å². The molecule has 3 aliphatic carbocycles. The molecule has 0 aromatic heterocycles. The minimum absolute atomic E-state index is 0.0313. The highest BCUT2D eigenvalue weighted by Gasteiger charge is 2.60. The van der Waals surface area contributed by atoms with E-state index >= 15 is 0 Å². The number of aliphatic hydroxyl groups excluding tert-OH is 1. The van der Waals surface area contributed by atoms with E-state index in [2.05, 4.69) is 53.7 Å². The molecule has 2 bridgehead atoms. The summed E-state index contributed by atoms with van der Waals surface area (Å²) in [5, 5.41) is 20.3. The van der Waals surface area contributed by atoms with Crippen LogP contribution < -0.4 is 0 Å². The molecule has 0 aromatic carbocycles. The highest BCUT2D eigenvalue weighted by Crippen LogP contribution is 2.65. The molecule has 5 atom stereocenters. The van der Waals surface area contributed by atoms with Crippen LogP contribution in [0.25, 0.3) is 0 Å². The molecule has 2 nitrogen and oxygen atoms in total. The van der Waals surface area contributed by atoms with Gasteiger partial charge in [-0.05, 0) is 102 Å². The standard InChI is InChI=1S/C15H26O.C10H18O/c1-12(2)6-5-11-15(4,16)14-9-7-13(3)8-10-14;1-9(2)7-4-5-10(9,3)8(11)6-7/h6-7,14,16H,5,8-11H2,1-4H3;7-8,11H,4-6H2,1-3H3/t14-,15+;7-,8+,10+/m01/s1. The van der Waals surface area contributed by atoms with E-state index in [1.807, 2.05) is 6.92 Å². The SMILES string of the molecule is CC(C)=CCC[C@@](C)(O)[C@H]1CC=C(C)CC1.CC1(C)[C@@H]2CC[C@@]1(C)[C@@H](O)C2. The molecule has 0 heterocycles. The van der Waals surface area contributed by atoms with Gasteiger partial charge in [-0.25, -0.2) is 0 Å². The van der Waals surface area contributed by atoms with Crippen LogP contribution in [0.5, 0.6) is 0 Å². The third-order valence-corrected chi connectivity index (χ3v) is 8.47. The maximum atomic E-state index is 10.5. The predicted octanol–water partition coefficient (Wildman–Crippen LogP) is 6.42. The molecular weight excluding hydrogens is 332 g/mol. The summed E-state index contributed by atoms with van der Waals surface area (Å²) in [6.45, 7) is 15.3. The third-order valence-electron chi connectivity index (χ3n) is 8.47. The number of aliphatic hydroxyl groups is 2. The van der Waals surface area contributed by atoms with Crippen LogP contribution in [0.4, 0.5) is 0 Å². The second kappa shape index (κ2) is 8.41. The molecule has 2 heteroatoms. The molecule has 0 saturated heterocycles. The molecule has 0 amide bonds. The number of allylic oxidation sites excluding steroid dienone is 4. The first-order valence-electron chi connectivity index (χ1n) is 11.1. The number of hydrogen-bond acceptors (Lipinski definition) is 2. The lowest BCUT2D eigenvalue weighted by Gasteiger charge is -2.36. The molecule has 3 rings (SSSR count). The summed E-state index contributed by atoms with van der Waals surface area (Å²) in [6, 6.07) is 0. The van der Waals surface area contributed by atoms with E-state index in [1.165, 1.54) is 24.0 Å². The van der Waals surface area contributed by atoms with Gasteiger partial charge in [0.05, 0.1) is 11.7 Å². The van der Waals surface area contributed by atoms with Crippen LogP contribution in [0.15, 0.2) is 23.3 Å². The second-order valence-corrected chi connectivity index (χ2v) is 10.8. The number of fused-ring (bicyclic) bond motifs is 2. The normalized spacial score (nSPS) is 36.3. The van der Waals surface area contributed by atoms with E-state index in [4.69, 9.17) is 0 Å². The summed E-state index contributed by atoms with van der Waals surface area (Å²) in [6.07, 6.45) is 13.3. The van der Waals surface area contributed by atoms with Crippen LogP contribution in [-0.2, 0) is 0 Å². The molecule has 2 saturated carbocycles. The van der Waals surface area contributed by atoms with E-state index < -0.39 is 5.60 Å². The first kappa shape index (κ1) is 22.7. The maximum Gasteiger partial charge on any atom is 0.0653 e. The molecule has 0 unspecified atom stereocenters. The van der Waals surface area contributed by atoms with Crippen molar-refractivity contribution >= 4 is 0 Å². The van der Waals surface area contributed by atoms with Crippen molar-refractivity contribution in [3.05, 3.63) is 23.3 Å². The molecule has 0 aromatic rings. The largest absolute Gasteiger partial charge is 0.393 e. The molecular formula is C25H44O2. The molecule has 3 aliphatic rings. The van der Waals surface area contributed by atoms with Crippen molar-refractivity contribution in [3.8, 4) is 0 Å². The Bertz CT molecular complexity index is 565. The van der Waals surface area contributed by atoms with Crippen LogP contribution >= 0.6 is 0 Å². The van der Waals surface area contributed by atoms with Gasteiger partial charge in [-0.2, -0.15) is 0 Å². The first-order valence-corrected chi connectivity index (χ1v) is 11.1. The molecule has 2 N–H and O–H groups in total. The van der Waals surface area contributed by atoms with Crippen molar-refractivity contribution in [3.63, 3.8) is 0 Å². The fraction of sp³-hybridized carbons (Fsp3) is 0.840. The van der Waals surface area contributed by atoms with Gasteiger partial charge < -0.3 is 10.2 Å². The highest BCUT2D eigenvalue weighted by atomic mass is 16.3.